The normalized spacial score (nSPS) is 11.5. The van der Waals surface area contributed by atoms with Crippen LogP contribution in [0.1, 0.15) is 36.1 Å². The van der Waals surface area contributed by atoms with Gasteiger partial charge in [0.15, 0.2) is 0 Å². The second kappa shape index (κ2) is 8.72. The highest BCUT2D eigenvalue weighted by Gasteiger charge is 2.16. The first-order chi connectivity index (χ1) is 11.2. The second-order valence-corrected chi connectivity index (χ2v) is 5.16. The molecule has 0 amide bonds. The van der Waals surface area contributed by atoms with Gasteiger partial charge in [0.25, 0.3) is 0 Å². The van der Waals surface area contributed by atoms with E-state index >= 15 is 0 Å². The monoisotopic (exact) mass is 308 g/mol. The van der Waals surface area contributed by atoms with Crippen molar-refractivity contribution in [3.05, 3.63) is 71.3 Å². The first-order valence-corrected chi connectivity index (χ1v) is 7.66. The number of benzene rings is 2. The molecule has 0 radical (unpaired) electrons. The summed E-state index contributed by atoms with van der Waals surface area (Å²) >= 11 is 0. The summed E-state index contributed by atoms with van der Waals surface area (Å²) in [6, 6.07) is 19.2. The molecule has 0 bridgehead atoms. The number of hydrogen-bond acceptors (Lipinski definition) is 4. The summed E-state index contributed by atoms with van der Waals surface area (Å²) in [7, 11) is 0. The van der Waals surface area contributed by atoms with Crippen LogP contribution in [0.5, 0.6) is 0 Å². The van der Waals surface area contributed by atoms with E-state index in [4.69, 9.17) is 10.00 Å². The lowest BCUT2D eigenvalue weighted by Gasteiger charge is -2.19. The van der Waals surface area contributed by atoms with Crippen LogP contribution in [0.4, 0.5) is 0 Å². The maximum Gasteiger partial charge on any atom is 0.307 e. The average molecular weight is 308 g/mol. The SMILES string of the molecule is CCOC(=O)CC(NCc1ccccc1)c1ccc(C#N)cc1. The van der Waals surface area contributed by atoms with Gasteiger partial charge in [-0.15, -0.1) is 0 Å². The highest BCUT2D eigenvalue weighted by Crippen LogP contribution is 2.19. The summed E-state index contributed by atoms with van der Waals surface area (Å²) < 4.78 is 5.06. The highest BCUT2D eigenvalue weighted by molar-refractivity contribution is 5.70. The number of nitriles is 1. The van der Waals surface area contributed by atoms with Crippen molar-refractivity contribution in [3.8, 4) is 6.07 Å². The summed E-state index contributed by atoms with van der Waals surface area (Å²) in [5.74, 6) is -0.234. The first-order valence-electron chi connectivity index (χ1n) is 7.66. The molecule has 0 aromatic heterocycles. The molecule has 0 saturated carbocycles. The Morgan fingerprint density at radius 2 is 1.87 bits per heavy atom. The average Bonchev–Trinajstić information content (AvgIpc) is 2.60. The molecule has 1 unspecified atom stereocenters. The molecule has 0 aliphatic rings. The molecule has 2 aromatic rings. The molecular weight excluding hydrogens is 288 g/mol. The van der Waals surface area contributed by atoms with Gasteiger partial charge in [0.1, 0.15) is 0 Å². The third-order valence-corrected chi connectivity index (χ3v) is 3.51. The third kappa shape index (κ3) is 5.24. The molecule has 2 rings (SSSR count). The van der Waals surface area contributed by atoms with Crippen molar-refractivity contribution in [2.75, 3.05) is 6.61 Å². The van der Waals surface area contributed by atoms with Crippen LogP contribution in [-0.2, 0) is 16.1 Å². The van der Waals surface area contributed by atoms with Gasteiger partial charge < -0.3 is 10.1 Å². The Labute approximate surface area is 136 Å². The fourth-order valence-electron chi connectivity index (χ4n) is 2.32. The van der Waals surface area contributed by atoms with E-state index in [9.17, 15) is 4.79 Å². The first kappa shape index (κ1) is 16.7. The van der Waals surface area contributed by atoms with Gasteiger partial charge in [0.05, 0.1) is 24.7 Å². The van der Waals surface area contributed by atoms with Crippen LogP contribution < -0.4 is 5.32 Å². The molecule has 0 fully saturated rings. The van der Waals surface area contributed by atoms with Crippen molar-refractivity contribution in [1.82, 2.24) is 5.32 Å². The molecule has 1 atom stereocenters. The largest absolute Gasteiger partial charge is 0.466 e. The predicted molar refractivity (Wildman–Crippen MR) is 88.4 cm³/mol. The van der Waals surface area contributed by atoms with Gasteiger partial charge in [0, 0.05) is 12.6 Å². The van der Waals surface area contributed by atoms with Gasteiger partial charge in [-0.1, -0.05) is 42.5 Å². The quantitative estimate of drug-likeness (QED) is 0.797. The minimum atomic E-state index is -0.234. The van der Waals surface area contributed by atoms with E-state index in [0.717, 1.165) is 11.1 Å². The summed E-state index contributed by atoms with van der Waals surface area (Å²) in [6.07, 6.45) is 0.257. The Kier molecular flexibility index (Phi) is 6.34. The van der Waals surface area contributed by atoms with Gasteiger partial charge in [-0.3, -0.25) is 4.79 Å². The molecule has 23 heavy (non-hydrogen) atoms. The molecule has 4 nitrogen and oxygen atoms in total. The van der Waals surface area contributed by atoms with Crippen molar-refractivity contribution in [2.45, 2.75) is 25.9 Å². The van der Waals surface area contributed by atoms with Crippen LogP contribution in [0, 0.1) is 11.3 Å². The van der Waals surface area contributed by atoms with Crippen molar-refractivity contribution in [2.24, 2.45) is 0 Å². The van der Waals surface area contributed by atoms with E-state index in [0.29, 0.717) is 18.7 Å². The Bertz CT molecular complexity index is 660. The van der Waals surface area contributed by atoms with Crippen LogP contribution in [0.3, 0.4) is 0 Å². The molecule has 1 N–H and O–H groups in total. The van der Waals surface area contributed by atoms with Gasteiger partial charge >= 0.3 is 5.97 Å². The van der Waals surface area contributed by atoms with E-state index in [-0.39, 0.29) is 18.4 Å². The smallest absolute Gasteiger partial charge is 0.307 e. The molecule has 0 aliphatic heterocycles. The van der Waals surface area contributed by atoms with Crippen molar-refractivity contribution in [1.29, 1.82) is 5.26 Å². The summed E-state index contributed by atoms with van der Waals surface area (Å²) in [6.45, 7) is 2.83. The number of hydrogen-bond donors (Lipinski definition) is 1. The van der Waals surface area contributed by atoms with Crippen molar-refractivity contribution < 1.29 is 9.53 Å². The molecular formula is C19H20N2O2. The molecule has 0 saturated heterocycles. The van der Waals surface area contributed by atoms with Crippen LogP contribution in [0.25, 0.3) is 0 Å². The fraction of sp³-hybridized carbons (Fsp3) is 0.263. The predicted octanol–water partition coefficient (Wildman–Crippen LogP) is 3.34. The molecule has 0 heterocycles. The zero-order chi connectivity index (χ0) is 16.5. The molecule has 0 spiro atoms. The van der Waals surface area contributed by atoms with E-state index in [2.05, 4.69) is 11.4 Å². The fourth-order valence-corrected chi connectivity index (χ4v) is 2.32. The van der Waals surface area contributed by atoms with Crippen LogP contribution >= 0.6 is 0 Å². The lowest BCUT2D eigenvalue weighted by molar-refractivity contribution is -0.143. The molecule has 118 valence electrons. The highest BCUT2D eigenvalue weighted by atomic mass is 16.5. The van der Waals surface area contributed by atoms with Crippen LogP contribution in [0.2, 0.25) is 0 Å². The van der Waals surface area contributed by atoms with Crippen molar-refractivity contribution in [3.63, 3.8) is 0 Å². The van der Waals surface area contributed by atoms with E-state index in [1.165, 1.54) is 0 Å². The Morgan fingerprint density at radius 1 is 1.17 bits per heavy atom. The molecule has 4 heteroatoms. The zero-order valence-electron chi connectivity index (χ0n) is 13.2. The van der Waals surface area contributed by atoms with Crippen LogP contribution in [-0.4, -0.2) is 12.6 Å². The number of nitrogens with one attached hydrogen (secondary N) is 1. The Morgan fingerprint density at radius 3 is 2.48 bits per heavy atom. The Balaban J connectivity index is 2.10. The number of ether oxygens (including phenoxy) is 1. The summed E-state index contributed by atoms with van der Waals surface area (Å²) in [5.41, 5.74) is 2.72. The number of esters is 1. The lowest BCUT2D eigenvalue weighted by atomic mass is 10.0. The maximum absolute atomic E-state index is 11.8. The standard InChI is InChI=1S/C19H20N2O2/c1-2-23-19(22)12-18(17-10-8-15(13-20)9-11-17)21-14-16-6-4-3-5-7-16/h3-11,18,21H,2,12,14H2,1H3. The van der Waals surface area contributed by atoms with Gasteiger partial charge in [-0.2, -0.15) is 5.26 Å². The lowest BCUT2D eigenvalue weighted by Crippen LogP contribution is -2.24. The second-order valence-electron chi connectivity index (χ2n) is 5.16. The Hall–Kier alpha value is -2.64. The van der Waals surface area contributed by atoms with Gasteiger partial charge in [-0.05, 0) is 30.2 Å². The maximum atomic E-state index is 11.8. The van der Waals surface area contributed by atoms with Gasteiger partial charge in [-0.25, -0.2) is 0 Å². The van der Waals surface area contributed by atoms with E-state index in [1.54, 1.807) is 19.1 Å². The molecule has 0 aliphatic carbocycles. The van der Waals surface area contributed by atoms with Crippen molar-refractivity contribution >= 4 is 5.97 Å². The number of carbonyl (C=O) groups excluding carboxylic acids is 1. The minimum Gasteiger partial charge on any atom is -0.466 e. The zero-order valence-corrected chi connectivity index (χ0v) is 13.2. The number of carbonyl (C=O) groups is 1. The third-order valence-electron chi connectivity index (χ3n) is 3.51. The van der Waals surface area contributed by atoms with Crippen LogP contribution in [0.15, 0.2) is 54.6 Å². The van der Waals surface area contributed by atoms with E-state index < -0.39 is 0 Å². The minimum absolute atomic E-state index is 0.151. The topological polar surface area (TPSA) is 62.1 Å². The van der Waals surface area contributed by atoms with E-state index in [1.807, 2.05) is 42.5 Å². The summed E-state index contributed by atoms with van der Waals surface area (Å²) in [4.78, 5) is 11.8. The van der Waals surface area contributed by atoms with Gasteiger partial charge in [0.2, 0.25) is 0 Å². The number of nitrogens with zero attached hydrogens (tertiary/aromatic N) is 1. The summed E-state index contributed by atoms with van der Waals surface area (Å²) in [5, 5.41) is 12.3. The molecule has 2 aromatic carbocycles. The number of rotatable bonds is 7.